The normalized spacial score (nSPS) is 14.9. The van der Waals surface area contributed by atoms with Crippen LogP contribution in [-0.4, -0.2) is 70.6 Å². The van der Waals surface area contributed by atoms with Crippen molar-refractivity contribution in [1.82, 2.24) is 16.0 Å². The van der Waals surface area contributed by atoms with Crippen LogP contribution in [0.5, 0.6) is 0 Å². The molecular weight excluding hydrogens is 422 g/mol. The number of carboxylic acids is 2. The Morgan fingerprint density at radius 1 is 0.781 bits per heavy atom. The van der Waals surface area contributed by atoms with Crippen molar-refractivity contribution in [3.8, 4) is 0 Å². The van der Waals surface area contributed by atoms with Gasteiger partial charge in [0, 0.05) is 0 Å². The van der Waals surface area contributed by atoms with Gasteiger partial charge in [0.05, 0.1) is 12.5 Å². The van der Waals surface area contributed by atoms with Gasteiger partial charge in [0.2, 0.25) is 17.7 Å². The van der Waals surface area contributed by atoms with Gasteiger partial charge in [-0.2, -0.15) is 0 Å². The molecule has 9 N–H and O–H groups in total. The average molecular weight is 460 g/mol. The van der Waals surface area contributed by atoms with E-state index in [4.69, 9.17) is 21.7 Å². The van der Waals surface area contributed by atoms with Crippen LogP contribution in [0.15, 0.2) is 0 Å². The molecule has 4 atom stereocenters. The standard InChI is InChI=1S/C20H37N5O7/c1-10(2)5-6-12(22)17(28)25-16(11(3)4)19(30)23-13(7-8-21)18(29)24-14(20(31)32)9-15(26)27/h10-14,16H,5-9,21-22H2,1-4H3,(H,23,30)(H,24,29)(H,25,28)(H,26,27)(H,31,32)/t12-,13-,14-,16-/m0/s1. The molecule has 0 heterocycles. The van der Waals surface area contributed by atoms with E-state index in [1.165, 1.54) is 0 Å². The van der Waals surface area contributed by atoms with Gasteiger partial charge >= 0.3 is 11.9 Å². The van der Waals surface area contributed by atoms with E-state index in [0.717, 1.165) is 6.42 Å². The van der Waals surface area contributed by atoms with E-state index < -0.39 is 60.2 Å². The monoisotopic (exact) mass is 459 g/mol. The minimum atomic E-state index is -1.67. The molecule has 12 heteroatoms. The summed E-state index contributed by atoms with van der Waals surface area (Å²) in [7, 11) is 0. The highest BCUT2D eigenvalue weighted by atomic mass is 16.4. The van der Waals surface area contributed by atoms with Gasteiger partial charge in [-0.3, -0.25) is 19.2 Å². The van der Waals surface area contributed by atoms with Crippen LogP contribution in [-0.2, 0) is 24.0 Å². The summed E-state index contributed by atoms with van der Waals surface area (Å²) in [5, 5.41) is 25.1. The first-order valence-electron chi connectivity index (χ1n) is 10.6. The Kier molecular flexibility index (Phi) is 13.1. The Balaban J connectivity index is 5.26. The van der Waals surface area contributed by atoms with E-state index in [-0.39, 0.29) is 18.9 Å². The molecule has 0 aromatic heterocycles. The maximum Gasteiger partial charge on any atom is 0.326 e. The number of carbonyl (C=O) groups is 5. The molecule has 32 heavy (non-hydrogen) atoms. The molecule has 3 amide bonds. The van der Waals surface area contributed by atoms with Crippen LogP contribution < -0.4 is 27.4 Å². The quantitative estimate of drug-likeness (QED) is 0.156. The number of rotatable bonds is 15. The van der Waals surface area contributed by atoms with Crippen molar-refractivity contribution >= 4 is 29.7 Å². The maximum absolute atomic E-state index is 12.8. The summed E-state index contributed by atoms with van der Waals surface area (Å²) in [6.07, 6.45) is 0.341. The summed E-state index contributed by atoms with van der Waals surface area (Å²) in [6, 6.07) is -4.66. The molecule has 0 saturated carbocycles. The van der Waals surface area contributed by atoms with E-state index in [1.54, 1.807) is 13.8 Å². The van der Waals surface area contributed by atoms with Gasteiger partial charge in [0.15, 0.2) is 0 Å². The second-order valence-electron chi connectivity index (χ2n) is 8.44. The molecule has 0 saturated heterocycles. The van der Waals surface area contributed by atoms with Crippen LogP contribution in [0.25, 0.3) is 0 Å². The van der Waals surface area contributed by atoms with Crippen molar-refractivity contribution in [3.63, 3.8) is 0 Å². The fourth-order valence-corrected chi connectivity index (χ4v) is 2.78. The third-order valence-corrected chi connectivity index (χ3v) is 4.72. The van der Waals surface area contributed by atoms with Crippen LogP contribution in [0.4, 0.5) is 0 Å². The molecule has 0 unspecified atom stereocenters. The lowest BCUT2D eigenvalue weighted by atomic mass is 10.00. The number of nitrogens with one attached hydrogen (secondary N) is 3. The van der Waals surface area contributed by atoms with E-state index in [0.29, 0.717) is 12.3 Å². The number of nitrogens with two attached hydrogens (primary N) is 2. The predicted octanol–water partition coefficient (Wildman–Crippen LogP) is -1.23. The summed E-state index contributed by atoms with van der Waals surface area (Å²) < 4.78 is 0. The number of hydrogen-bond acceptors (Lipinski definition) is 7. The zero-order valence-corrected chi connectivity index (χ0v) is 19.1. The van der Waals surface area contributed by atoms with Crippen molar-refractivity contribution < 1.29 is 34.2 Å². The third kappa shape index (κ3) is 11.0. The van der Waals surface area contributed by atoms with Crippen LogP contribution >= 0.6 is 0 Å². The molecule has 0 fully saturated rings. The zero-order chi connectivity index (χ0) is 25.0. The summed E-state index contributed by atoms with van der Waals surface area (Å²) in [4.78, 5) is 59.7. The molecule has 0 radical (unpaired) electrons. The largest absolute Gasteiger partial charge is 0.481 e. The van der Waals surface area contributed by atoms with Gasteiger partial charge in [0.25, 0.3) is 0 Å². The van der Waals surface area contributed by atoms with Gasteiger partial charge in [-0.05, 0) is 37.6 Å². The summed E-state index contributed by atoms with van der Waals surface area (Å²) in [5.41, 5.74) is 11.4. The number of carboxylic acid groups (broad SMARTS) is 2. The molecule has 0 aromatic rings. The molecule has 0 aliphatic heterocycles. The SMILES string of the molecule is CC(C)CC[C@H](N)C(=O)N[C@H](C(=O)N[C@@H](CCN)C(=O)N[C@@H](CC(=O)O)C(=O)O)C(C)C. The van der Waals surface area contributed by atoms with E-state index in [2.05, 4.69) is 16.0 Å². The van der Waals surface area contributed by atoms with Crippen LogP contribution in [0.2, 0.25) is 0 Å². The van der Waals surface area contributed by atoms with Crippen molar-refractivity contribution in [2.45, 2.75) is 77.5 Å². The molecule has 0 aliphatic carbocycles. The highest BCUT2D eigenvalue weighted by molar-refractivity contribution is 5.94. The molecule has 0 spiro atoms. The van der Waals surface area contributed by atoms with E-state index in [1.807, 2.05) is 13.8 Å². The number of aliphatic carboxylic acids is 2. The minimum Gasteiger partial charge on any atom is -0.481 e. The first-order valence-corrected chi connectivity index (χ1v) is 10.6. The fraction of sp³-hybridized carbons (Fsp3) is 0.750. The molecule has 12 nitrogen and oxygen atoms in total. The van der Waals surface area contributed by atoms with E-state index in [9.17, 15) is 24.0 Å². The number of amides is 3. The van der Waals surface area contributed by atoms with Gasteiger partial charge in [-0.1, -0.05) is 27.7 Å². The van der Waals surface area contributed by atoms with Crippen molar-refractivity contribution in [2.75, 3.05) is 6.54 Å². The molecule has 0 bridgehead atoms. The molecule has 184 valence electrons. The van der Waals surface area contributed by atoms with Crippen molar-refractivity contribution in [3.05, 3.63) is 0 Å². The predicted molar refractivity (Wildman–Crippen MR) is 116 cm³/mol. The summed E-state index contributed by atoms with van der Waals surface area (Å²) >= 11 is 0. The average Bonchev–Trinajstić information content (AvgIpc) is 2.67. The molecule has 0 rings (SSSR count). The maximum atomic E-state index is 12.8. The molecule has 0 aromatic carbocycles. The number of hydrogen-bond donors (Lipinski definition) is 7. The zero-order valence-electron chi connectivity index (χ0n) is 19.1. The second-order valence-corrected chi connectivity index (χ2v) is 8.44. The van der Waals surface area contributed by atoms with Crippen LogP contribution in [0, 0.1) is 11.8 Å². The Morgan fingerprint density at radius 2 is 1.34 bits per heavy atom. The van der Waals surface area contributed by atoms with Crippen molar-refractivity contribution in [2.24, 2.45) is 23.3 Å². The fourth-order valence-electron chi connectivity index (χ4n) is 2.78. The smallest absolute Gasteiger partial charge is 0.326 e. The minimum absolute atomic E-state index is 0.00613. The Hall–Kier alpha value is -2.73. The van der Waals surface area contributed by atoms with Crippen LogP contribution in [0.1, 0.15) is 53.4 Å². The van der Waals surface area contributed by atoms with Crippen molar-refractivity contribution in [1.29, 1.82) is 0 Å². The van der Waals surface area contributed by atoms with Gasteiger partial charge in [-0.15, -0.1) is 0 Å². The van der Waals surface area contributed by atoms with Gasteiger partial charge in [-0.25, -0.2) is 4.79 Å². The summed E-state index contributed by atoms with van der Waals surface area (Å²) in [5.74, 6) is -4.95. The highest BCUT2D eigenvalue weighted by Crippen LogP contribution is 2.08. The number of carbonyl (C=O) groups excluding carboxylic acids is 3. The van der Waals surface area contributed by atoms with Gasteiger partial charge < -0.3 is 37.6 Å². The molecule has 0 aliphatic rings. The highest BCUT2D eigenvalue weighted by Gasteiger charge is 2.32. The first-order chi connectivity index (χ1) is 14.8. The lowest BCUT2D eigenvalue weighted by Gasteiger charge is -2.26. The third-order valence-electron chi connectivity index (χ3n) is 4.72. The summed E-state index contributed by atoms with van der Waals surface area (Å²) in [6.45, 7) is 7.41. The second kappa shape index (κ2) is 14.4. The Morgan fingerprint density at radius 3 is 1.78 bits per heavy atom. The lowest BCUT2D eigenvalue weighted by Crippen LogP contribution is -2.58. The topological polar surface area (TPSA) is 214 Å². The van der Waals surface area contributed by atoms with E-state index >= 15 is 0 Å². The molecular formula is C20H37N5O7. The Bertz CT molecular complexity index is 669. The van der Waals surface area contributed by atoms with Gasteiger partial charge in [0.1, 0.15) is 18.1 Å². The Labute approximate surface area is 187 Å². The first kappa shape index (κ1) is 29.3. The lowest BCUT2D eigenvalue weighted by molar-refractivity contribution is -0.147. The van der Waals surface area contributed by atoms with Crippen LogP contribution in [0.3, 0.4) is 0 Å².